The van der Waals surface area contributed by atoms with Crippen molar-refractivity contribution in [1.82, 2.24) is 10.9 Å². The summed E-state index contributed by atoms with van der Waals surface area (Å²) in [5.74, 6) is -0.547. The highest BCUT2D eigenvalue weighted by atomic mass is 16.5. The van der Waals surface area contributed by atoms with Gasteiger partial charge in [0, 0.05) is 0 Å². The van der Waals surface area contributed by atoms with Crippen LogP contribution in [-0.2, 0) is 9.53 Å². The first-order chi connectivity index (χ1) is 9.54. The van der Waals surface area contributed by atoms with E-state index in [-0.39, 0.29) is 23.9 Å². The number of carbonyl (C=O) groups is 2. The van der Waals surface area contributed by atoms with Gasteiger partial charge in [0.25, 0.3) is 5.91 Å². The fraction of sp³-hybridized carbons (Fsp3) is 0.538. The maximum Gasteiger partial charge on any atom is 0.305 e. The van der Waals surface area contributed by atoms with Crippen LogP contribution in [0.25, 0.3) is 0 Å². The normalized spacial score (nSPS) is 26.0. The average molecular weight is 282 g/mol. The SMILES string of the molecule is C[C@@H]1C[NH+](CC(=O)NNC(=O)c2ccco2)C[C@H](C)O1. The molecule has 0 spiro atoms. The fourth-order valence-corrected chi connectivity index (χ4v) is 2.40. The largest absolute Gasteiger partial charge is 0.459 e. The van der Waals surface area contributed by atoms with Gasteiger partial charge in [-0.25, -0.2) is 0 Å². The highest BCUT2D eigenvalue weighted by Gasteiger charge is 2.27. The van der Waals surface area contributed by atoms with Crippen LogP contribution in [0, 0.1) is 0 Å². The van der Waals surface area contributed by atoms with Gasteiger partial charge in [0.2, 0.25) is 0 Å². The molecule has 2 rings (SSSR count). The number of carbonyl (C=O) groups excluding carboxylic acids is 2. The van der Waals surface area contributed by atoms with Crippen LogP contribution in [0.2, 0.25) is 0 Å². The molecule has 3 N–H and O–H groups in total. The van der Waals surface area contributed by atoms with Gasteiger partial charge in [-0.1, -0.05) is 0 Å². The summed E-state index contributed by atoms with van der Waals surface area (Å²) in [6, 6.07) is 3.13. The number of quaternary nitrogens is 1. The second-order valence-electron chi connectivity index (χ2n) is 5.07. The van der Waals surface area contributed by atoms with Crippen LogP contribution in [0.3, 0.4) is 0 Å². The van der Waals surface area contributed by atoms with Gasteiger partial charge in [0.05, 0.1) is 6.26 Å². The predicted octanol–water partition coefficient (Wildman–Crippen LogP) is -1.27. The zero-order valence-electron chi connectivity index (χ0n) is 11.6. The molecule has 2 amide bonds. The Hall–Kier alpha value is -1.86. The van der Waals surface area contributed by atoms with Crippen LogP contribution in [0.15, 0.2) is 22.8 Å². The predicted molar refractivity (Wildman–Crippen MR) is 69.9 cm³/mol. The van der Waals surface area contributed by atoms with E-state index in [1.165, 1.54) is 12.3 Å². The van der Waals surface area contributed by atoms with E-state index in [9.17, 15) is 9.59 Å². The van der Waals surface area contributed by atoms with E-state index in [2.05, 4.69) is 10.9 Å². The molecule has 0 bridgehead atoms. The van der Waals surface area contributed by atoms with Crippen molar-refractivity contribution in [2.75, 3.05) is 19.6 Å². The number of hydrogen-bond donors (Lipinski definition) is 3. The summed E-state index contributed by atoms with van der Waals surface area (Å²) in [4.78, 5) is 24.5. The number of hydrazine groups is 1. The molecule has 7 heteroatoms. The van der Waals surface area contributed by atoms with Crippen molar-refractivity contribution in [3.05, 3.63) is 24.2 Å². The molecular weight excluding hydrogens is 262 g/mol. The number of ether oxygens (including phenoxy) is 1. The van der Waals surface area contributed by atoms with E-state index in [4.69, 9.17) is 9.15 Å². The molecule has 7 nitrogen and oxygen atoms in total. The van der Waals surface area contributed by atoms with E-state index in [0.717, 1.165) is 18.0 Å². The number of rotatable bonds is 3. The highest BCUT2D eigenvalue weighted by Crippen LogP contribution is 1.98. The Labute approximate surface area is 117 Å². The van der Waals surface area contributed by atoms with E-state index in [0.29, 0.717) is 6.54 Å². The van der Waals surface area contributed by atoms with Gasteiger partial charge < -0.3 is 14.1 Å². The molecule has 1 fully saturated rings. The second kappa shape index (κ2) is 6.53. The third-order valence-electron chi connectivity index (χ3n) is 3.09. The zero-order chi connectivity index (χ0) is 14.5. The maximum atomic E-state index is 11.8. The summed E-state index contributed by atoms with van der Waals surface area (Å²) >= 11 is 0. The summed E-state index contributed by atoms with van der Waals surface area (Å²) in [5, 5.41) is 0. The van der Waals surface area contributed by atoms with Gasteiger partial charge in [-0.3, -0.25) is 20.4 Å². The van der Waals surface area contributed by atoms with Gasteiger partial charge in [-0.2, -0.15) is 0 Å². The van der Waals surface area contributed by atoms with E-state index in [1.807, 2.05) is 13.8 Å². The smallest absolute Gasteiger partial charge is 0.305 e. The van der Waals surface area contributed by atoms with E-state index in [1.54, 1.807) is 6.07 Å². The molecule has 20 heavy (non-hydrogen) atoms. The lowest BCUT2D eigenvalue weighted by molar-refractivity contribution is -0.907. The summed E-state index contributed by atoms with van der Waals surface area (Å²) in [6.07, 6.45) is 1.68. The number of amides is 2. The van der Waals surface area contributed by atoms with Crippen molar-refractivity contribution in [3.8, 4) is 0 Å². The number of morpholine rings is 1. The minimum Gasteiger partial charge on any atom is -0.459 e. The number of furan rings is 1. The summed E-state index contributed by atoms with van der Waals surface area (Å²) in [7, 11) is 0. The third-order valence-corrected chi connectivity index (χ3v) is 3.09. The van der Waals surface area contributed by atoms with Gasteiger partial charge in [-0.05, 0) is 26.0 Å². The van der Waals surface area contributed by atoms with Crippen LogP contribution in [0.1, 0.15) is 24.4 Å². The van der Waals surface area contributed by atoms with Crippen LogP contribution in [0.4, 0.5) is 0 Å². The van der Waals surface area contributed by atoms with E-state index >= 15 is 0 Å². The van der Waals surface area contributed by atoms with Crippen LogP contribution in [0.5, 0.6) is 0 Å². The Morgan fingerprint density at radius 3 is 2.60 bits per heavy atom. The van der Waals surface area contributed by atoms with Crippen molar-refractivity contribution in [2.24, 2.45) is 0 Å². The Morgan fingerprint density at radius 2 is 2.00 bits per heavy atom. The lowest BCUT2D eigenvalue weighted by Crippen LogP contribution is -3.16. The molecule has 0 aliphatic carbocycles. The first-order valence-electron chi connectivity index (χ1n) is 6.66. The molecule has 1 aliphatic rings. The van der Waals surface area contributed by atoms with Crippen molar-refractivity contribution in [1.29, 1.82) is 0 Å². The molecule has 3 atom stereocenters. The second-order valence-corrected chi connectivity index (χ2v) is 5.07. The summed E-state index contributed by atoms with van der Waals surface area (Å²) in [5.41, 5.74) is 4.71. The van der Waals surface area contributed by atoms with Crippen molar-refractivity contribution >= 4 is 11.8 Å². The molecule has 1 aromatic heterocycles. The Kier molecular flexibility index (Phi) is 4.75. The molecule has 0 saturated carbocycles. The molecule has 1 aliphatic heterocycles. The average Bonchev–Trinajstić information content (AvgIpc) is 2.88. The van der Waals surface area contributed by atoms with Gasteiger partial charge in [0.15, 0.2) is 12.3 Å². The minimum absolute atomic E-state index is 0.138. The standard InChI is InChI=1S/C13H19N3O4/c1-9-6-16(7-10(2)20-9)8-12(17)14-15-13(18)11-4-3-5-19-11/h3-5,9-10H,6-8H2,1-2H3,(H,14,17)(H,15,18)/p+1/t9-,10+. The number of nitrogens with one attached hydrogen (secondary N) is 3. The lowest BCUT2D eigenvalue weighted by atomic mass is 10.2. The molecule has 2 heterocycles. The van der Waals surface area contributed by atoms with Crippen molar-refractivity contribution in [3.63, 3.8) is 0 Å². The summed E-state index contributed by atoms with van der Waals surface area (Å²) < 4.78 is 10.5. The quantitative estimate of drug-likeness (QED) is 0.604. The van der Waals surface area contributed by atoms with Crippen LogP contribution in [-0.4, -0.2) is 43.7 Å². The molecule has 1 aromatic rings. The molecule has 110 valence electrons. The number of hydrogen-bond acceptors (Lipinski definition) is 4. The van der Waals surface area contributed by atoms with Crippen molar-refractivity contribution < 1.29 is 23.6 Å². The minimum atomic E-state index is -0.470. The third kappa shape index (κ3) is 4.07. The first kappa shape index (κ1) is 14.5. The Morgan fingerprint density at radius 1 is 1.30 bits per heavy atom. The molecular formula is C13H20N3O4+. The Balaban J connectivity index is 1.74. The first-order valence-corrected chi connectivity index (χ1v) is 6.66. The van der Waals surface area contributed by atoms with Crippen molar-refractivity contribution in [2.45, 2.75) is 26.1 Å². The maximum absolute atomic E-state index is 11.8. The Bertz CT molecular complexity index is 450. The fourth-order valence-electron chi connectivity index (χ4n) is 2.40. The molecule has 1 unspecified atom stereocenters. The van der Waals surface area contributed by atoms with Crippen LogP contribution < -0.4 is 15.8 Å². The van der Waals surface area contributed by atoms with Gasteiger partial charge >= 0.3 is 5.91 Å². The van der Waals surface area contributed by atoms with Gasteiger partial charge in [0.1, 0.15) is 25.3 Å². The van der Waals surface area contributed by atoms with E-state index < -0.39 is 5.91 Å². The zero-order valence-corrected chi connectivity index (χ0v) is 11.6. The van der Waals surface area contributed by atoms with Gasteiger partial charge in [-0.15, -0.1) is 0 Å². The summed E-state index contributed by atoms with van der Waals surface area (Å²) in [6.45, 7) is 5.85. The topological polar surface area (TPSA) is 85.0 Å². The highest BCUT2D eigenvalue weighted by molar-refractivity contribution is 5.92. The molecule has 1 saturated heterocycles. The molecule has 0 aromatic carbocycles. The monoisotopic (exact) mass is 282 g/mol. The van der Waals surface area contributed by atoms with Crippen LogP contribution >= 0.6 is 0 Å². The lowest BCUT2D eigenvalue weighted by Gasteiger charge is -2.31. The molecule has 0 radical (unpaired) electrons.